The van der Waals surface area contributed by atoms with Crippen LogP contribution in [-0.4, -0.2) is 47.4 Å². The van der Waals surface area contributed by atoms with E-state index < -0.39 is 5.91 Å². The van der Waals surface area contributed by atoms with E-state index in [1.807, 2.05) is 0 Å². The fourth-order valence-electron chi connectivity index (χ4n) is 2.80. The van der Waals surface area contributed by atoms with E-state index in [-0.39, 0.29) is 18.5 Å². The number of likely N-dealkylation sites (tertiary alicyclic amines) is 1. The molecule has 1 fully saturated rings. The Morgan fingerprint density at radius 3 is 3.00 bits per heavy atom. The predicted molar refractivity (Wildman–Crippen MR) is 76.1 cm³/mol. The van der Waals surface area contributed by atoms with Gasteiger partial charge in [0.15, 0.2) is 0 Å². The lowest BCUT2D eigenvalue weighted by Gasteiger charge is -2.38. The van der Waals surface area contributed by atoms with Crippen molar-refractivity contribution in [2.45, 2.75) is 25.8 Å². The Hall–Kier alpha value is -1.66. The molecule has 2 rings (SSSR count). The number of H-pyrrole nitrogens is 1. The third-order valence-corrected chi connectivity index (χ3v) is 3.91. The number of nitrogens with one attached hydrogen (secondary N) is 2. The number of carbonyl (C=O) groups is 2. The Balaban J connectivity index is 1.89. The van der Waals surface area contributed by atoms with Gasteiger partial charge in [-0.05, 0) is 37.4 Å². The lowest BCUT2D eigenvalue weighted by molar-refractivity contribution is -0.122. The standard InChI is InChI=1S/C14H22N4O2/c1-10-4-3-7-18(12(10)8-15)9-13(19)17-14(20)11-5-2-6-16-11/h2,5-6,10,12,16H,3-4,7-9,15H2,1H3,(H,17,19,20). The predicted octanol–water partition coefficient (Wildman–Crippen LogP) is 0.330. The number of aromatic amines is 1. The molecule has 0 radical (unpaired) electrons. The van der Waals surface area contributed by atoms with Crippen LogP contribution in [-0.2, 0) is 4.79 Å². The van der Waals surface area contributed by atoms with Gasteiger partial charge in [-0.1, -0.05) is 6.92 Å². The van der Waals surface area contributed by atoms with E-state index in [0.29, 0.717) is 18.2 Å². The Morgan fingerprint density at radius 2 is 2.35 bits per heavy atom. The van der Waals surface area contributed by atoms with Gasteiger partial charge in [-0.25, -0.2) is 0 Å². The van der Waals surface area contributed by atoms with Gasteiger partial charge in [-0.2, -0.15) is 0 Å². The van der Waals surface area contributed by atoms with E-state index in [4.69, 9.17) is 5.73 Å². The first-order valence-corrected chi connectivity index (χ1v) is 7.03. The summed E-state index contributed by atoms with van der Waals surface area (Å²) in [5.41, 5.74) is 6.18. The van der Waals surface area contributed by atoms with Crippen molar-refractivity contribution in [2.75, 3.05) is 19.6 Å². The van der Waals surface area contributed by atoms with Crippen LogP contribution in [0.1, 0.15) is 30.3 Å². The zero-order chi connectivity index (χ0) is 14.5. The summed E-state index contributed by atoms with van der Waals surface area (Å²) in [6.07, 6.45) is 3.85. The second-order valence-electron chi connectivity index (χ2n) is 5.35. The van der Waals surface area contributed by atoms with Gasteiger partial charge in [0, 0.05) is 18.8 Å². The van der Waals surface area contributed by atoms with Crippen LogP contribution in [0.4, 0.5) is 0 Å². The van der Waals surface area contributed by atoms with Crippen LogP contribution in [0.15, 0.2) is 18.3 Å². The molecule has 0 saturated carbocycles. The molecule has 2 atom stereocenters. The molecule has 2 amide bonds. The number of carbonyl (C=O) groups excluding carboxylic acids is 2. The molecule has 110 valence electrons. The molecule has 0 aliphatic carbocycles. The maximum atomic E-state index is 12.0. The highest BCUT2D eigenvalue weighted by Gasteiger charge is 2.28. The Bertz CT molecular complexity index is 458. The summed E-state index contributed by atoms with van der Waals surface area (Å²) in [7, 11) is 0. The molecule has 6 nitrogen and oxygen atoms in total. The first-order chi connectivity index (χ1) is 9.61. The number of hydrogen-bond acceptors (Lipinski definition) is 4. The highest BCUT2D eigenvalue weighted by molar-refractivity contribution is 6.04. The lowest BCUT2D eigenvalue weighted by Crippen LogP contribution is -2.52. The quantitative estimate of drug-likeness (QED) is 0.740. The van der Waals surface area contributed by atoms with Crippen LogP contribution in [0.3, 0.4) is 0 Å². The molecule has 4 N–H and O–H groups in total. The summed E-state index contributed by atoms with van der Waals surface area (Å²) in [5.74, 6) is -0.188. The SMILES string of the molecule is CC1CCCN(CC(=O)NC(=O)c2ccc[nH]2)C1CN. The average Bonchev–Trinajstić information content (AvgIpc) is 2.92. The summed E-state index contributed by atoms with van der Waals surface area (Å²) in [5, 5.41) is 2.40. The molecule has 0 spiro atoms. The van der Waals surface area contributed by atoms with Crippen LogP contribution in [0.2, 0.25) is 0 Å². The molecule has 0 aromatic carbocycles. The number of amides is 2. The van der Waals surface area contributed by atoms with Crippen molar-refractivity contribution in [3.8, 4) is 0 Å². The van der Waals surface area contributed by atoms with Crippen molar-refractivity contribution < 1.29 is 9.59 Å². The molecule has 0 bridgehead atoms. The molecular weight excluding hydrogens is 256 g/mol. The van der Waals surface area contributed by atoms with Crippen LogP contribution < -0.4 is 11.1 Å². The third-order valence-electron chi connectivity index (χ3n) is 3.91. The van der Waals surface area contributed by atoms with Gasteiger partial charge in [-0.15, -0.1) is 0 Å². The van der Waals surface area contributed by atoms with Gasteiger partial charge in [0.2, 0.25) is 5.91 Å². The van der Waals surface area contributed by atoms with Crippen LogP contribution in [0, 0.1) is 5.92 Å². The first kappa shape index (κ1) is 14.7. The smallest absolute Gasteiger partial charge is 0.274 e. The monoisotopic (exact) mass is 278 g/mol. The minimum absolute atomic E-state index is 0.218. The van der Waals surface area contributed by atoms with Gasteiger partial charge < -0.3 is 10.7 Å². The van der Waals surface area contributed by atoms with Gasteiger partial charge in [-0.3, -0.25) is 19.8 Å². The second kappa shape index (κ2) is 6.67. The molecule has 6 heteroatoms. The lowest BCUT2D eigenvalue weighted by atomic mass is 9.91. The van der Waals surface area contributed by atoms with Crippen molar-refractivity contribution in [3.05, 3.63) is 24.0 Å². The number of nitrogens with zero attached hydrogens (tertiary/aromatic N) is 1. The largest absolute Gasteiger partial charge is 0.357 e. The van der Waals surface area contributed by atoms with Gasteiger partial charge >= 0.3 is 0 Å². The van der Waals surface area contributed by atoms with Crippen molar-refractivity contribution in [3.63, 3.8) is 0 Å². The number of nitrogens with two attached hydrogens (primary N) is 1. The van der Waals surface area contributed by atoms with Gasteiger partial charge in [0.25, 0.3) is 5.91 Å². The normalized spacial score (nSPS) is 23.5. The topological polar surface area (TPSA) is 91.2 Å². The zero-order valence-electron chi connectivity index (χ0n) is 11.8. The van der Waals surface area contributed by atoms with Crippen molar-refractivity contribution in [1.29, 1.82) is 0 Å². The molecule has 2 unspecified atom stereocenters. The van der Waals surface area contributed by atoms with Crippen LogP contribution in [0.5, 0.6) is 0 Å². The summed E-state index contributed by atoms with van der Waals surface area (Å²) < 4.78 is 0. The average molecular weight is 278 g/mol. The van der Waals surface area contributed by atoms with Gasteiger partial charge in [0.05, 0.1) is 6.54 Å². The maximum Gasteiger partial charge on any atom is 0.274 e. The minimum atomic E-state index is -0.394. The first-order valence-electron chi connectivity index (χ1n) is 7.03. The van der Waals surface area contributed by atoms with E-state index in [1.54, 1.807) is 18.3 Å². The summed E-state index contributed by atoms with van der Waals surface area (Å²) >= 11 is 0. The van der Waals surface area contributed by atoms with Crippen LogP contribution >= 0.6 is 0 Å². The molecule has 1 aliphatic heterocycles. The molecule has 1 aliphatic rings. The summed E-state index contributed by atoms with van der Waals surface area (Å²) in [6.45, 7) is 3.78. The van der Waals surface area contributed by atoms with E-state index in [1.165, 1.54) is 0 Å². The Morgan fingerprint density at radius 1 is 1.55 bits per heavy atom. The van der Waals surface area contributed by atoms with Gasteiger partial charge in [0.1, 0.15) is 5.69 Å². The van der Waals surface area contributed by atoms with Crippen molar-refractivity contribution in [1.82, 2.24) is 15.2 Å². The van der Waals surface area contributed by atoms with Crippen molar-refractivity contribution >= 4 is 11.8 Å². The minimum Gasteiger partial charge on any atom is -0.357 e. The van der Waals surface area contributed by atoms with Crippen molar-refractivity contribution in [2.24, 2.45) is 11.7 Å². The Labute approximate surface area is 118 Å². The third kappa shape index (κ3) is 3.46. The zero-order valence-corrected chi connectivity index (χ0v) is 11.8. The number of imide groups is 1. The summed E-state index contributed by atoms with van der Waals surface area (Å²) in [4.78, 5) is 28.6. The van der Waals surface area contributed by atoms with E-state index >= 15 is 0 Å². The maximum absolute atomic E-state index is 12.0. The number of aromatic nitrogens is 1. The molecule has 2 heterocycles. The molecule has 1 aromatic rings. The molecule has 1 saturated heterocycles. The molecule has 20 heavy (non-hydrogen) atoms. The van der Waals surface area contributed by atoms with E-state index in [2.05, 4.69) is 22.1 Å². The highest BCUT2D eigenvalue weighted by Crippen LogP contribution is 2.21. The highest BCUT2D eigenvalue weighted by atomic mass is 16.2. The second-order valence-corrected chi connectivity index (χ2v) is 5.35. The molecular formula is C14H22N4O2. The summed E-state index contributed by atoms with van der Waals surface area (Å²) in [6, 6.07) is 3.57. The van der Waals surface area contributed by atoms with Crippen LogP contribution in [0.25, 0.3) is 0 Å². The number of rotatable bonds is 4. The fraction of sp³-hybridized carbons (Fsp3) is 0.571. The Kier molecular flexibility index (Phi) is 4.92. The number of hydrogen-bond donors (Lipinski definition) is 3. The van der Waals surface area contributed by atoms with E-state index in [9.17, 15) is 9.59 Å². The van der Waals surface area contributed by atoms with E-state index in [0.717, 1.165) is 19.4 Å². The number of piperidine rings is 1. The molecule has 1 aromatic heterocycles. The fourth-order valence-corrected chi connectivity index (χ4v) is 2.80.